The molecule has 4 heterocycles. The van der Waals surface area contributed by atoms with Crippen molar-refractivity contribution in [2.75, 3.05) is 33.0 Å². The van der Waals surface area contributed by atoms with Gasteiger partial charge in [-0.2, -0.15) is 0 Å². The quantitative estimate of drug-likeness (QED) is 0.0670. The van der Waals surface area contributed by atoms with E-state index in [-0.39, 0.29) is 11.4 Å². The standard InChI is InChI=1S/C16H14N2O2S.C15H12N2O2S.C9H8.C7H7BrN2O2S/c1-11-6-4-5-7-12(11)8-9-13-10-17-16(21-3)18-14(13)15(19)20-2;1-9-5-3-4-6-11(9)12-7-10-8-16-15(20-2)17-13(10)14(18)19-12;1-3-9-7-5-4-6-8(9)2;1-12-6(11)5-4(8)3-9-7(10-5)13-2/h4-7,10H,1-3H3;3-8H,1-2H3;1,4-7H,2H3;3H,1-2H3. The summed E-state index contributed by atoms with van der Waals surface area (Å²) in [7, 11) is 2.64. The summed E-state index contributed by atoms with van der Waals surface area (Å²) in [4.78, 5) is 59.7. The topological polar surface area (TPSA) is 160 Å². The van der Waals surface area contributed by atoms with Gasteiger partial charge < -0.3 is 13.9 Å². The van der Waals surface area contributed by atoms with Crippen LogP contribution in [0, 0.1) is 45.0 Å². The number of nitrogens with zero attached hydrogens (tertiary/aromatic N) is 6. The molecule has 0 aliphatic carbocycles. The second-order valence-corrected chi connectivity index (χ2v) is 15.7. The predicted molar refractivity (Wildman–Crippen MR) is 254 cm³/mol. The van der Waals surface area contributed by atoms with Crippen LogP contribution in [-0.2, 0) is 9.47 Å². The minimum Gasteiger partial charge on any atom is -0.464 e. The number of esters is 2. The molecule has 0 saturated carbocycles. The Bertz CT molecular complexity index is 2890. The van der Waals surface area contributed by atoms with Gasteiger partial charge in [0, 0.05) is 40.7 Å². The molecule has 0 atom stereocenters. The lowest BCUT2D eigenvalue weighted by Gasteiger charge is -2.05. The maximum Gasteiger partial charge on any atom is 0.363 e. The number of methoxy groups -OCH3 is 2. The van der Waals surface area contributed by atoms with Crippen molar-refractivity contribution in [1.82, 2.24) is 29.9 Å². The maximum absolute atomic E-state index is 12.1. The number of halogens is 1. The number of aryl methyl sites for hydroxylation is 3. The van der Waals surface area contributed by atoms with Crippen molar-refractivity contribution in [2.24, 2.45) is 0 Å². The molecular formula is C47H41BrN6O6S3. The summed E-state index contributed by atoms with van der Waals surface area (Å²) < 4.78 is 15.2. The number of rotatable bonds is 6. The smallest absolute Gasteiger partial charge is 0.363 e. The fourth-order valence-corrected chi connectivity index (χ4v) is 6.50. The Labute approximate surface area is 387 Å². The number of hydrogen-bond donors (Lipinski definition) is 0. The van der Waals surface area contributed by atoms with E-state index in [4.69, 9.17) is 15.6 Å². The first-order valence-corrected chi connectivity index (χ1v) is 23.0. The van der Waals surface area contributed by atoms with Gasteiger partial charge in [-0.1, -0.05) is 114 Å². The second kappa shape index (κ2) is 25.0. The Morgan fingerprint density at radius 1 is 0.651 bits per heavy atom. The fraction of sp³-hybridized carbons (Fsp3) is 0.170. The number of thioether (sulfide) groups is 3. The number of terminal acetylenes is 1. The highest BCUT2D eigenvalue weighted by Crippen LogP contribution is 2.25. The van der Waals surface area contributed by atoms with Crippen LogP contribution in [-0.4, -0.2) is 74.8 Å². The van der Waals surface area contributed by atoms with Crippen LogP contribution in [0.1, 0.15) is 54.4 Å². The van der Waals surface area contributed by atoms with Crippen LogP contribution >= 0.6 is 51.2 Å². The molecule has 0 N–H and O–H groups in total. The van der Waals surface area contributed by atoms with Crippen LogP contribution in [0.5, 0.6) is 0 Å². The molecule has 4 aromatic heterocycles. The van der Waals surface area contributed by atoms with Crippen LogP contribution < -0.4 is 5.63 Å². The molecule has 7 rings (SSSR count). The Morgan fingerprint density at radius 2 is 1.14 bits per heavy atom. The fourth-order valence-electron chi connectivity index (χ4n) is 5.12. The molecule has 3 aromatic carbocycles. The molecule has 7 aromatic rings. The van der Waals surface area contributed by atoms with Gasteiger partial charge in [0.05, 0.1) is 24.3 Å². The highest BCUT2D eigenvalue weighted by atomic mass is 79.9. The average molecular weight is 962 g/mol. The largest absolute Gasteiger partial charge is 0.464 e. The van der Waals surface area contributed by atoms with Gasteiger partial charge in [-0.05, 0) is 90.4 Å². The zero-order valence-electron chi connectivity index (χ0n) is 35.6. The molecule has 0 spiro atoms. The Hall–Kier alpha value is -6.30. The van der Waals surface area contributed by atoms with E-state index in [1.807, 2.05) is 118 Å². The minimum absolute atomic E-state index is 0.193. The van der Waals surface area contributed by atoms with Gasteiger partial charge in [0.1, 0.15) is 5.76 Å². The van der Waals surface area contributed by atoms with Crippen LogP contribution in [0.2, 0.25) is 0 Å². The number of aromatic nitrogens is 6. The van der Waals surface area contributed by atoms with Crippen LogP contribution in [0.3, 0.4) is 0 Å². The third-order valence-electron chi connectivity index (χ3n) is 8.46. The van der Waals surface area contributed by atoms with E-state index in [0.717, 1.165) is 27.8 Å². The predicted octanol–water partition coefficient (Wildman–Crippen LogP) is 9.70. The van der Waals surface area contributed by atoms with E-state index in [1.54, 1.807) is 12.4 Å². The molecule has 0 aliphatic heterocycles. The van der Waals surface area contributed by atoms with Gasteiger partial charge in [0.25, 0.3) is 0 Å². The summed E-state index contributed by atoms with van der Waals surface area (Å²) in [5, 5.41) is 2.31. The normalized spacial score (nSPS) is 9.90. The molecule has 0 unspecified atom stereocenters. The monoisotopic (exact) mass is 960 g/mol. The molecule has 0 aliphatic rings. The van der Waals surface area contributed by atoms with Crippen molar-refractivity contribution < 1.29 is 23.5 Å². The van der Waals surface area contributed by atoms with E-state index in [9.17, 15) is 14.4 Å². The van der Waals surface area contributed by atoms with Gasteiger partial charge >= 0.3 is 17.6 Å². The Kier molecular flexibility index (Phi) is 19.6. The lowest BCUT2D eigenvalue weighted by Crippen LogP contribution is -2.09. The number of carbonyl (C=O) groups is 2. The van der Waals surface area contributed by atoms with Crippen molar-refractivity contribution in [3.63, 3.8) is 0 Å². The highest BCUT2D eigenvalue weighted by Gasteiger charge is 2.15. The first-order valence-electron chi connectivity index (χ1n) is 18.5. The summed E-state index contributed by atoms with van der Waals surface area (Å²) in [5.74, 6) is 8.15. The lowest BCUT2D eigenvalue weighted by atomic mass is 10.1. The van der Waals surface area contributed by atoms with E-state index in [1.165, 1.54) is 61.3 Å². The molecule has 0 amide bonds. The summed E-state index contributed by atoms with van der Waals surface area (Å²) in [6.07, 6.45) is 15.5. The molecule has 0 radical (unpaired) electrons. The minimum atomic E-state index is -0.512. The molecule has 0 bridgehead atoms. The van der Waals surface area contributed by atoms with Crippen molar-refractivity contribution >= 4 is 74.1 Å². The summed E-state index contributed by atoms with van der Waals surface area (Å²) in [6, 6.07) is 25.2. The maximum atomic E-state index is 12.1. The molecule has 12 nitrogen and oxygen atoms in total. The van der Waals surface area contributed by atoms with E-state index in [0.29, 0.717) is 42.2 Å². The van der Waals surface area contributed by atoms with Crippen molar-refractivity contribution in [1.29, 1.82) is 0 Å². The molecular weight excluding hydrogens is 921 g/mol. The molecule has 16 heteroatoms. The van der Waals surface area contributed by atoms with E-state index in [2.05, 4.69) is 68.3 Å². The van der Waals surface area contributed by atoms with E-state index < -0.39 is 17.6 Å². The first-order chi connectivity index (χ1) is 30.4. The number of fused-ring (bicyclic) bond motifs is 1. The zero-order valence-corrected chi connectivity index (χ0v) is 39.6. The third kappa shape index (κ3) is 14.1. The van der Waals surface area contributed by atoms with Gasteiger partial charge in [-0.15, -0.1) is 6.42 Å². The summed E-state index contributed by atoms with van der Waals surface area (Å²) in [5.41, 5.74) is 6.88. The molecule has 320 valence electrons. The average Bonchev–Trinajstić information content (AvgIpc) is 3.31. The summed E-state index contributed by atoms with van der Waals surface area (Å²) in [6.45, 7) is 5.97. The Morgan fingerprint density at radius 3 is 1.70 bits per heavy atom. The van der Waals surface area contributed by atoms with Crippen LogP contribution in [0.4, 0.5) is 0 Å². The lowest BCUT2D eigenvalue weighted by molar-refractivity contribution is 0.0583. The number of carbonyl (C=O) groups excluding carboxylic acids is 2. The van der Waals surface area contributed by atoms with Crippen LogP contribution in [0.15, 0.2) is 127 Å². The van der Waals surface area contributed by atoms with Crippen molar-refractivity contribution in [3.05, 3.63) is 157 Å². The van der Waals surface area contributed by atoms with Gasteiger partial charge in [-0.3, -0.25) is 0 Å². The van der Waals surface area contributed by atoms with Crippen LogP contribution in [0.25, 0.3) is 22.2 Å². The van der Waals surface area contributed by atoms with E-state index >= 15 is 0 Å². The highest BCUT2D eigenvalue weighted by molar-refractivity contribution is 9.10. The molecule has 0 fully saturated rings. The number of ether oxygens (including phenoxy) is 2. The molecule has 63 heavy (non-hydrogen) atoms. The Balaban J connectivity index is 0.000000193. The van der Waals surface area contributed by atoms with Gasteiger partial charge in [-0.25, -0.2) is 44.3 Å². The number of benzene rings is 3. The van der Waals surface area contributed by atoms with Crippen molar-refractivity contribution in [2.45, 2.75) is 36.2 Å². The third-order valence-corrected chi connectivity index (χ3v) is 10.7. The van der Waals surface area contributed by atoms with Gasteiger partial charge in [0.15, 0.2) is 32.4 Å². The second-order valence-electron chi connectivity index (χ2n) is 12.6. The molecule has 0 saturated heterocycles. The van der Waals surface area contributed by atoms with Gasteiger partial charge in [0.2, 0.25) is 0 Å². The first kappa shape index (κ1) is 49.4. The SMILES string of the molecule is C#Cc1ccccc1C.COC(=O)c1nc(SC)ncc1Br.COC(=O)c1nc(SC)ncc1C#Cc1ccccc1C.CSc1ncc2cc(-c3ccccc3C)oc(=O)c2n1. The number of hydrogen-bond acceptors (Lipinski definition) is 15. The zero-order chi connectivity index (χ0) is 45.9. The summed E-state index contributed by atoms with van der Waals surface area (Å²) >= 11 is 7.29. The van der Waals surface area contributed by atoms with Crippen molar-refractivity contribution in [3.8, 4) is 35.5 Å².